The van der Waals surface area contributed by atoms with Crippen molar-refractivity contribution < 1.29 is 9.90 Å². The van der Waals surface area contributed by atoms with Crippen molar-refractivity contribution in [3.63, 3.8) is 0 Å². The van der Waals surface area contributed by atoms with Gasteiger partial charge in [-0.2, -0.15) is 0 Å². The van der Waals surface area contributed by atoms with Crippen molar-refractivity contribution in [2.75, 3.05) is 11.4 Å². The van der Waals surface area contributed by atoms with E-state index in [0.29, 0.717) is 18.3 Å². The van der Waals surface area contributed by atoms with E-state index < -0.39 is 11.4 Å². The largest absolute Gasteiger partial charge is 0.478 e. The third kappa shape index (κ3) is 4.71. The van der Waals surface area contributed by atoms with Gasteiger partial charge in [0.15, 0.2) is 5.13 Å². The summed E-state index contributed by atoms with van der Waals surface area (Å²) >= 11 is 1.59. The van der Waals surface area contributed by atoms with Gasteiger partial charge in [-0.3, -0.25) is 0 Å². The average molecular weight is 400 g/mol. The monoisotopic (exact) mass is 399 g/mol. The number of carboxylic acids is 1. The molecule has 0 bridgehead atoms. The van der Waals surface area contributed by atoms with Gasteiger partial charge in [-0.25, -0.2) is 14.8 Å². The number of hydrogen-bond acceptors (Lipinski definition) is 5. The van der Waals surface area contributed by atoms with Gasteiger partial charge in [-0.15, -0.1) is 6.42 Å². The summed E-state index contributed by atoms with van der Waals surface area (Å²) in [6.45, 7) is 15.4. The van der Waals surface area contributed by atoms with Gasteiger partial charge in [-0.1, -0.05) is 51.9 Å². The second kappa shape index (κ2) is 7.92. The second-order valence-electron chi connectivity index (χ2n) is 8.91. The van der Waals surface area contributed by atoms with Crippen molar-refractivity contribution in [2.24, 2.45) is 5.92 Å². The van der Waals surface area contributed by atoms with Gasteiger partial charge in [0.1, 0.15) is 5.82 Å². The summed E-state index contributed by atoms with van der Waals surface area (Å²) < 4.78 is 0. The topological polar surface area (TPSA) is 66.3 Å². The van der Waals surface area contributed by atoms with Crippen LogP contribution in [0.15, 0.2) is 18.3 Å². The Morgan fingerprint density at radius 3 is 2.36 bits per heavy atom. The first kappa shape index (κ1) is 21.9. The number of carboxylic acid groups (broad SMARTS) is 1. The van der Waals surface area contributed by atoms with Crippen LogP contribution in [0.1, 0.15) is 69.4 Å². The number of anilines is 2. The number of terminal acetylenes is 1. The Labute approximate surface area is 171 Å². The summed E-state index contributed by atoms with van der Waals surface area (Å²) in [5, 5.41) is 9.97. The van der Waals surface area contributed by atoms with E-state index in [0.717, 1.165) is 15.7 Å². The van der Waals surface area contributed by atoms with Crippen molar-refractivity contribution in [3.05, 3.63) is 34.5 Å². The predicted molar refractivity (Wildman–Crippen MR) is 116 cm³/mol. The van der Waals surface area contributed by atoms with E-state index in [4.69, 9.17) is 16.5 Å². The minimum absolute atomic E-state index is 0.150. The summed E-state index contributed by atoms with van der Waals surface area (Å²) in [6.07, 6.45) is 7.20. The quantitative estimate of drug-likeness (QED) is 0.673. The maximum atomic E-state index is 11.1. The molecule has 2 aromatic heterocycles. The minimum atomic E-state index is -0.989. The fourth-order valence-electron chi connectivity index (χ4n) is 2.73. The molecule has 6 heteroatoms. The standard InChI is InChI=1S/C22H29N3O2S/c1-9-22(7,8)18-17(21(4,5)6)24-20(28-18)25(13-14(2)3)16-11-10-15(12-23-16)19(26)27/h1,10-12,14H,13H2,2-8H3,(H,26,27). The number of carbonyl (C=O) groups is 1. The molecule has 0 aliphatic heterocycles. The number of aromatic nitrogens is 2. The van der Waals surface area contributed by atoms with Crippen molar-refractivity contribution in [1.29, 1.82) is 0 Å². The number of rotatable bonds is 6. The zero-order valence-electron chi connectivity index (χ0n) is 17.7. The summed E-state index contributed by atoms with van der Waals surface area (Å²) in [5.41, 5.74) is 0.577. The number of nitrogens with zero attached hydrogens (tertiary/aromatic N) is 3. The third-order valence-electron chi connectivity index (χ3n) is 4.30. The Balaban J connectivity index is 2.61. The fraction of sp³-hybridized carbons (Fsp3) is 0.500. The van der Waals surface area contributed by atoms with E-state index in [-0.39, 0.29) is 11.0 Å². The van der Waals surface area contributed by atoms with E-state index in [2.05, 4.69) is 45.5 Å². The Morgan fingerprint density at radius 1 is 1.29 bits per heavy atom. The number of hydrogen-bond donors (Lipinski definition) is 1. The molecule has 0 spiro atoms. The Kier molecular flexibility index (Phi) is 6.20. The highest BCUT2D eigenvalue weighted by Gasteiger charge is 2.33. The van der Waals surface area contributed by atoms with Gasteiger partial charge in [-0.05, 0) is 31.9 Å². The Bertz CT molecular complexity index is 884. The molecule has 0 radical (unpaired) electrons. The molecule has 0 amide bonds. The van der Waals surface area contributed by atoms with Crippen LogP contribution in [-0.4, -0.2) is 27.6 Å². The van der Waals surface area contributed by atoms with Crippen LogP contribution in [0.2, 0.25) is 0 Å². The molecule has 0 atom stereocenters. The minimum Gasteiger partial charge on any atom is -0.478 e. The van der Waals surface area contributed by atoms with Crippen molar-refractivity contribution in [2.45, 2.75) is 59.3 Å². The molecule has 1 N–H and O–H groups in total. The van der Waals surface area contributed by atoms with Crippen LogP contribution in [0.4, 0.5) is 10.9 Å². The molecule has 0 saturated heterocycles. The molecule has 0 aliphatic rings. The first-order valence-electron chi connectivity index (χ1n) is 9.33. The van der Waals surface area contributed by atoms with E-state index in [9.17, 15) is 4.79 Å². The Morgan fingerprint density at radius 2 is 1.93 bits per heavy atom. The first-order valence-corrected chi connectivity index (χ1v) is 10.1. The molecule has 0 aromatic carbocycles. The van der Waals surface area contributed by atoms with Gasteiger partial charge >= 0.3 is 5.97 Å². The van der Waals surface area contributed by atoms with Crippen LogP contribution in [0.25, 0.3) is 0 Å². The maximum Gasteiger partial charge on any atom is 0.337 e. The summed E-state index contributed by atoms with van der Waals surface area (Å²) in [7, 11) is 0. The number of pyridine rings is 1. The molecular weight excluding hydrogens is 370 g/mol. The predicted octanol–water partition coefficient (Wildman–Crippen LogP) is 5.24. The Hall–Kier alpha value is -2.39. The van der Waals surface area contributed by atoms with Crippen molar-refractivity contribution in [1.82, 2.24) is 9.97 Å². The maximum absolute atomic E-state index is 11.1. The van der Waals surface area contributed by atoms with Gasteiger partial charge < -0.3 is 10.0 Å². The average Bonchev–Trinajstić information content (AvgIpc) is 3.06. The van der Waals surface area contributed by atoms with Gasteiger partial charge in [0.2, 0.25) is 0 Å². The van der Waals surface area contributed by atoms with Crippen LogP contribution in [0.5, 0.6) is 0 Å². The molecular formula is C22H29N3O2S. The highest BCUT2D eigenvalue weighted by atomic mass is 32.1. The van der Waals surface area contributed by atoms with Crippen LogP contribution in [0.3, 0.4) is 0 Å². The van der Waals surface area contributed by atoms with Gasteiger partial charge in [0, 0.05) is 23.0 Å². The molecule has 0 saturated carbocycles. The molecule has 2 heterocycles. The summed E-state index contributed by atoms with van der Waals surface area (Å²) in [5.74, 6) is 2.95. The highest BCUT2D eigenvalue weighted by Crippen LogP contribution is 2.42. The fourth-order valence-corrected chi connectivity index (χ4v) is 4.09. The van der Waals surface area contributed by atoms with Crippen molar-refractivity contribution >= 4 is 28.3 Å². The first-order chi connectivity index (χ1) is 12.9. The second-order valence-corrected chi connectivity index (χ2v) is 9.89. The molecule has 5 nitrogen and oxygen atoms in total. The number of thiazole rings is 1. The SMILES string of the molecule is C#CC(C)(C)c1sc(N(CC(C)C)c2ccc(C(=O)O)cn2)nc1C(C)(C)C. The molecule has 0 fully saturated rings. The van der Waals surface area contributed by atoms with Crippen molar-refractivity contribution in [3.8, 4) is 12.3 Å². The molecule has 28 heavy (non-hydrogen) atoms. The highest BCUT2D eigenvalue weighted by molar-refractivity contribution is 7.16. The van der Waals surface area contributed by atoms with E-state index in [1.54, 1.807) is 23.5 Å². The van der Waals surface area contributed by atoms with E-state index in [1.165, 1.54) is 6.20 Å². The van der Waals surface area contributed by atoms with Gasteiger partial charge in [0.05, 0.1) is 16.7 Å². The van der Waals surface area contributed by atoms with Crippen LogP contribution >= 0.6 is 11.3 Å². The van der Waals surface area contributed by atoms with Crippen LogP contribution in [-0.2, 0) is 10.8 Å². The molecule has 2 aromatic rings. The molecule has 150 valence electrons. The molecule has 2 rings (SSSR count). The van der Waals surface area contributed by atoms with E-state index in [1.807, 2.05) is 18.7 Å². The lowest BCUT2D eigenvalue weighted by Crippen LogP contribution is -2.24. The smallest absolute Gasteiger partial charge is 0.337 e. The lowest BCUT2D eigenvalue weighted by molar-refractivity contribution is 0.0696. The molecule has 0 aliphatic carbocycles. The lowest BCUT2D eigenvalue weighted by Gasteiger charge is -2.23. The van der Waals surface area contributed by atoms with E-state index >= 15 is 0 Å². The molecule has 0 unspecified atom stereocenters. The normalized spacial score (nSPS) is 12.1. The summed E-state index contributed by atoms with van der Waals surface area (Å²) in [4.78, 5) is 23.6. The third-order valence-corrected chi connectivity index (χ3v) is 5.71. The zero-order chi connectivity index (χ0) is 21.3. The summed E-state index contributed by atoms with van der Waals surface area (Å²) in [6, 6.07) is 3.30. The number of aromatic carboxylic acids is 1. The van der Waals surface area contributed by atoms with Crippen LogP contribution in [0, 0.1) is 18.3 Å². The lowest BCUT2D eigenvalue weighted by atomic mass is 9.83. The zero-order valence-corrected chi connectivity index (χ0v) is 18.5. The van der Waals surface area contributed by atoms with Crippen LogP contribution < -0.4 is 4.90 Å². The van der Waals surface area contributed by atoms with Gasteiger partial charge in [0.25, 0.3) is 0 Å².